The Balaban J connectivity index is 1.57. The first-order valence-electron chi connectivity index (χ1n) is 11.7. The van der Waals surface area contributed by atoms with E-state index in [0.717, 1.165) is 22.1 Å². The van der Waals surface area contributed by atoms with E-state index in [9.17, 15) is 8.42 Å². The van der Waals surface area contributed by atoms with Crippen molar-refractivity contribution in [1.82, 2.24) is 18.7 Å². The van der Waals surface area contributed by atoms with Crippen LogP contribution in [0.3, 0.4) is 0 Å². The number of pyridine rings is 1. The molecule has 3 heterocycles. The van der Waals surface area contributed by atoms with Gasteiger partial charge in [-0.05, 0) is 58.9 Å². The van der Waals surface area contributed by atoms with Gasteiger partial charge in [0, 0.05) is 42.2 Å². The Kier molecular flexibility index (Phi) is 4.34. The summed E-state index contributed by atoms with van der Waals surface area (Å²) in [6.07, 6.45) is 12.0. The lowest BCUT2D eigenvalue weighted by molar-refractivity contribution is 0.183. The number of hydrogen-bond donors (Lipinski definition) is 0. The van der Waals surface area contributed by atoms with Gasteiger partial charge in [-0.2, -0.15) is 5.10 Å². The van der Waals surface area contributed by atoms with E-state index in [2.05, 4.69) is 38.0 Å². The number of benzene rings is 1. The number of nitrogens with zero attached hydrogens (tertiary/aromatic N) is 4. The largest absolute Gasteiger partial charge is 0.275 e. The zero-order valence-electron chi connectivity index (χ0n) is 19.9. The molecular weight excluding hydrogens is 444 g/mol. The second-order valence-electron chi connectivity index (χ2n) is 10.5. The fourth-order valence-corrected chi connectivity index (χ4v) is 7.32. The van der Waals surface area contributed by atoms with Crippen molar-refractivity contribution in [2.75, 3.05) is 0 Å². The Morgan fingerprint density at radius 1 is 1.03 bits per heavy atom. The summed E-state index contributed by atoms with van der Waals surface area (Å²) in [7, 11) is -1.95. The van der Waals surface area contributed by atoms with Crippen molar-refractivity contribution in [3.05, 3.63) is 72.8 Å². The third-order valence-corrected chi connectivity index (χ3v) is 10.1. The minimum atomic E-state index is -3.80. The van der Waals surface area contributed by atoms with Crippen LogP contribution in [-0.2, 0) is 17.1 Å². The molecule has 1 saturated carbocycles. The fraction of sp³-hybridized carbons (Fsp3) is 0.333. The summed E-state index contributed by atoms with van der Waals surface area (Å²) < 4.78 is 30.2. The first kappa shape index (κ1) is 21.4. The zero-order chi connectivity index (χ0) is 23.9. The lowest BCUT2D eigenvalue weighted by Gasteiger charge is -2.34. The van der Waals surface area contributed by atoms with Crippen molar-refractivity contribution in [2.24, 2.45) is 23.8 Å². The molecule has 0 amide bonds. The van der Waals surface area contributed by atoms with Crippen LogP contribution >= 0.6 is 0 Å². The normalized spacial score (nSPS) is 23.5. The summed E-state index contributed by atoms with van der Waals surface area (Å²) in [5.41, 5.74) is 4.90. The molecule has 7 heteroatoms. The van der Waals surface area contributed by atoms with Crippen LogP contribution in [0.1, 0.15) is 39.2 Å². The van der Waals surface area contributed by atoms with Crippen LogP contribution in [0.15, 0.2) is 72.2 Å². The molecule has 1 aromatic carbocycles. The molecule has 2 aliphatic carbocycles. The Hall–Kier alpha value is -3.19. The van der Waals surface area contributed by atoms with Crippen molar-refractivity contribution in [3.63, 3.8) is 0 Å². The first-order chi connectivity index (χ1) is 16.1. The first-order valence-corrected chi connectivity index (χ1v) is 13.1. The Labute approximate surface area is 200 Å². The highest BCUT2D eigenvalue weighted by Gasteiger charge is 2.56. The van der Waals surface area contributed by atoms with Gasteiger partial charge in [0.1, 0.15) is 0 Å². The maximum absolute atomic E-state index is 13.6. The van der Waals surface area contributed by atoms with Gasteiger partial charge >= 0.3 is 0 Å². The molecule has 34 heavy (non-hydrogen) atoms. The number of fused-ring (bicyclic) bond motifs is 3. The molecule has 2 bridgehead atoms. The molecule has 3 aromatic heterocycles. The maximum atomic E-state index is 13.6. The van der Waals surface area contributed by atoms with E-state index in [-0.39, 0.29) is 15.7 Å². The van der Waals surface area contributed by atoms with Gasteiger partial charge in [-0.15, -0.1) is 0 Å². The lowest BCUT2D eigenvalue weighted by Crippen LogP contribution is -2.27. The van der Waals surface area contributed by atoms with E-state index in [1.165, 1.54) is 22.4 Å². The molecule has 0 aliphatic heterocycles. The molecule has 1 fully saturated rings. The molecule has 6 rings (SSSR count). The Bertz CT molecular complexity index is 1580. The number of hydrogen-bond acceptors (Lipinski definition) is 4. The molecule has 0 radical (unpaired) electrons. The van der Waals surface area contributed by atoms with Crippen molar-refractivity contribution >= 4 is 26.6 Å². The molecule has 0 spiro atoms. The van der Waals surface area contributed by atoms with E-state index in [4.69, 9.17) is 4.98 Å². The van der Waals surface area contributed by atoms with Crippen LogP contribution in [0.25, 0.3) is 27.7 Å². The third kappa shape index (κ3) is 2.83. The summed E-state index contributed by atoms with van der Waals surface area (Å²) in [5.74, 6) is 0.480. The second kappa shape index (κ2) is 6.92. The molecule has 6 nitrogen and oxygen atoms in total. The minimum Gasteiger partial charge on any atom is -0.275 e. The standard InChI is InChI=1S/C27H28N4O2S/c1-26(2)24-10-11-27(26,3)13-22(24)18-12-21-23(19-15-29-30(4)16-19)17-31(25(21)28-14-18)34(32,33)20-8-6-5-7-9-20/h5-9,12-17,24H,10-11H2,1-4H3/t24?,27-/m0/s1. The van der Waals surface area contributed by atoms with E-state index < -0.39 is 10.0 Å². The SMILES string of the molecule is Cn1cc(-c2cn(S(=O)(=O)c3ccccc3)c3ncc(C4=C[C@]5(C)CCC4C5(C)C)cc23)cn1. The molecular formula is C27H28N4O2S. The monoisotopic (exact) mass is 472 g/mol. The van der Waals surface area contributed by atoms with Gasteiger partial charge in [0.25, 0.3) is 10.0 Å². The highest BCUT2D eigenvalue weighted by molar-refractivity contribution is 7.90. The molecule has 2 aliphatic rings. The second-order valence-corrected chi connectivity index (χ2v) is 12.3. The van der Waals surface area contributed by atoms with E-state index in [1.54, 1.807) is 41.3 Å². The van der Waals surface area contributed by atoms with Gasteiger partial charge in [0.2, 0.25) is 0 Å². The average Bonchev–Trinajstić information content (AvgIpc) is 3.52. The van der Waals surface area contributed by atoms with E-state index >= 15 is 0 Å². The maximum Gasteiger partial charge on any atom is 0.269 e. The van der Waals surface area contributed by atoms with Crippen molar-refractivity contribution in [2.45, 2.75) is 38.5 Å². The van der Waals surface area contributed by atoms with Crippen LogP contribution in [-0.4, -0.2) is 27.2 Å². The van der Waals surface area contributed by atoms with Gasteiger partial charge < -0.3 is 0 Å². The summed E-state index contributed by atoms with van der Waals surface area (Å²) in [6.45, 7) is 7.09. The number of rotatable bonds is 4. The topological polar surface area (TPSA) is 69.8 Å². The smallest absolute Gasteiger partial charge is 0.269 e. The van der Waals surface area contributed by atoms with Crippen LogP contribution < -0.4 is 0 Å². The van der Waals surface area contributed by atoms with Crippen LogP contribution in [0, 0.1) is 16.7 Å². The fourth-order valence-electron chi connectivity index (χ4n) is 5.97. The molecule has 174 valence electrons. The minimum absolute atomic E-state index is 0.177. The number of aryl methyl sites for hydroxylation is 1. The van der Waals surface area contributed by atoms with Crippen molar-refractivity contribution in [1.29, 1.82) is 0 Å². The highest BCUT2D eigenvalue weighted by Crippen LogP contribution is 2.66. The van der Waals surface area contributed by atoms with Gasteiger partial charge in [0.15, 0.2) is 5.65 Å². The summed E-state index contributed by atoms with van der Waals surface area (Å²) in [5, 5.41) is 5.13. The van der Waals surface area contributed by atoms with Crippen LogP contribution in [0.4, 0.5) is 0 Å². The van der Waals surface area contributed by atoms with Gasteiger partial charge in [0.05, 0.1) is 11.1 Å². The number of allylic oxidation sites excluding steroid dienone is 2. The molecule has 4 aromatic rings. The predicted molar refractivity (Wildman–Crippen MR) is 134 cm³/mol. The lowest BCUT2D eigenvalue weighted by atomic mass is 9.70. The third-order valence-electron chi connectivity index (χ3n) is 8.41. The van der Waals surface area contributed by atoms with Gasteiger partial charge in [-0.25, -0.2) is 17.4 Å². The Morgan fingerprint density at radius 3 is 2.41 bits per heavy atom. The summed E-state index contributed by atoms with van der Waals surface area (Å²) >= 11 is 0. The molecule has 0 N–H and O–H groups in total. The predicted octanol–water partition coefficient (Wildman–Crippen LogP) is 5.51. The zero-order valence-corrected chi connectivity index (χ0v) is 20.7. The van der Waals surface area contributed by atoms with E-state index in [0.29, 0.717) is 11.6 Å². The van der Waals surface area contributed by atoms with Gasteiger partial charge in [-0.1, -0.05) is 45.0 Å². The molecule has 1 unspecified atom stereocenters. The number of aromatic nitrogens is 4. The summed E-state index contributed by atoms with van der Waals surface area (Å²) in [4.78, 5) is 4.98. The molecule has 0 saturated heterocycles. The Morgan fingerprint density at radius 2 is 1.79 bits per heavy atom. The van der Waals surface area contributed by atoms with Crippen LogP contribution in [0.2, 0.25) is 0 Å². The van der Waals surface area contributed by atoms with E-state index in [1.807, 2.05) is 25.5 Å². The van der Waals surface area contributed by atoms with Crippen LogP contribution in [0.5, 0.6) is 0 Å². The van der Waals surface area contributed by atoms with Crippen molar-refractivity contribution in [3.8, 4) is 11.1 Å². The average molecular weight is 473 g/mol. The summed E-state index contributed by atoms with van der Waals surface area (Å²) in [6, 6.07) is 10.6. The van der Waals surface area contributed by atoms with Crippen molar-refractivity contribution < 1.29 is 8.42 Å². The van der Waals surface area contributed by atoms with Gasteiger partial charge in [-0.3, -0.25) is 4.68 Å². The molecule has 2 atom stereocenters. The quantitative estimate of drug-likeness (QED) is 0.392. The highest BCUT2D eigenvalue weighted by atomic mass is 32.2.